The normalized spacial score (nSPS) is 13.2. The molecule has 0 aromatic heterocycles. The lowest BCUT2D eigenvalue weighted by Gasteiger charge is -2.12. The summed E-state index contributed by atoms with van der Waals surface area (Å²) in [6.45, 7) is 0. The number of anilines is 2. The van der Waals surface area contributed by atoms with E-state index in [0.717, 1.165) is 6.07 Å². The van der Waals surface area contributed by atoms with Gasteiger partial charge in [-0.15, -0.1) is 0 Å². The number of amides is 1. The molecule has 1 unspecified atom stereocenters. The second-order valence-corrected chi connectivity index (χ2v) is 10.5. The molecule has 0 fully saturated rings. The van der Waals surface area contributed by atoms with E-state index < -0.39 is 41.3 Å². The quantitative estimate of drug-likeness (QED) is 0.338. The van der Waals surface area contributed by atoms with Crippen LogP contribution in [0.15, 0.2) is 58.3 Å². The fourth-order valence-electron chi connectivity index (χ4n) is 2.06. The van der Waals surface area contributed by atoms with Gasteiger partial charge in [-0.1, -0.05) is 34.1 Å². The zero-order chi connectivity index (χ0) is 19.5. The summed E-state index contributed by atoms with van der Waals surface area (Å²) in [6, 6.07) is 11.2. The molecule has 0 spiro atoms. The zero-order valence-corrected chi connectivity index (χ0v) is 16.4. The predicted octanol–water partition coefficient (Wildman–Crippen LogP) is 2.04. The van der Waals surface area contributed by atoms with Crippen LogP contribution in [-0.2, 0) is 24.7 Å². The van der Waals surface area contributed by atoms with Crippen molar-refractivity contribution in [2.45, 2.75) is 20.4 Å². The molecule has 0 heterocycles. The summed E-state index contributed by atoms with van der Waals surface area (Å²) in [7, 11) is -8.32. The first-order valence-corrected chi connectivity index (χ1v) is 11.0. The number of halogens is 1. The Labute approximate surface area is 159 Å². The predicted molar refractivity (Wildman–Crippen MR) is 100 cm³/mol. The van der Waals surface area contributed by atoms with Crippen molar-refractivity contribution >= 4 is 53.2 Å². The third-order valence-corrected chi connectivity index (χ3v) is 7.81. The SMILES string of the molecule is Nc1ccc(NC(=O)CC(Br)S(=O)(=O)c2ccccc2)cc1S(=O)(=O)O. The molecular formula is C15H15BrN2O6S2. The first-order valence-electron chi connectivity index (χ1n) is 7.11. The van der Waals surface area contributed by atoms with Crippen molar-refractivity contribution in [1.29, 1.82) is 0 Å². The third kappa shape index (κ3) is 4.81. The lowest BCUT2D eigenvalue weighted by atomic mass is 10.3. The maximum Gasteiger partial charge on any atom is 0.296 e. The lowest BCUT2D eigenvalue weighted by Crippen LogP contribution is -2.23. The standard InChI is InChI=1S/C15H15BrN2O6S2/c16-14(25(20,21)11-4-2-1-3-5-11)9-15(19)18-10-6-7-12(17)13(8-10)26(22,23)24/h1-8,14H,9,17H2,(H,18,19)(H,22,23,24). The molecule has 0 bridgehead atoms. The van der Waals surface area contributed by atoms with Gasteiger partial charge in [0.15, 0.2) is 9.84 Å². The highest BCUT2D eigenvalue weighted by atomic mass is 79.9. The number of rotatable bonds is 6. The number of nitrogen functional groups attached to an aromatic ring is 1. The Morgan fingerprint density at radius 1 is 1.12 bits per heavy atom. The topological polar surface area (TPSA) is 144 Å². The maximum absolute atomic E-state index is 12.4. The summed E-state index contributed by atoms with van der Waals surface area (Å²) in [5, 5.41) is 2.37. The molecule has 2 aromatic rings. The van der Waals surface area contributed by atoms with Gasteiger partial charge >= 0.3 is 0 Å². The Hall–Kier alpha value is -1.95. The van der Waals surface area contributed by atoms with Gasteiger partial charge in [0.05, 0.1) is 17.0 Å². The molecule has 0 saturated heterocycles. The highest BCUT2D eigenvalue weighted by Crippen LogP contribution is 2.25. The van der Waals surface area contributed by atoms with Crippen LogP contribution in [0.3, 0.4) is 0 Å². The van der Waals surface area contributed by atoms with Gasteiger partial charge in [-0.25, -0.2) is 8.42 Å². The van der Waals surface area contributed by atoms with E-state index in [9.17, 15) is 21.6 Å². The molecule has 1 atom stereocenters. The number of nitrogens with two attached hydrogens (primary N) is 1. The minimum atomic E-state index is -4.56. The molecule has 2 rings (SSSR count). The molecule has 0 aliphatic heterocycles. The molecule has 0 aliphatic rings. The van der Waals surface area contributed by atoms with Crippen LogP contribution in [0.2, 0.25) is 0 Å². The fourth-order valence-corrected chi connectivity index (χ4v) is 4.85. The first-order chi connectivity index (χ1) is 12.0. The van der Waals surface area contributed by atoms with Crippen LogP contribution in [0.25, 0.3) is 0 Å². The van der Waals surface area contributed by atoms with Gasteiger partial charge < -0.3 is 11.1 Å². The summed E-state index contributed by atoms with van der Waals surface area (Å²) in [5.41, 5.74) is 5.33. The van der Waals surface area contributed by atoms with Crippen LogP contribution < -0.4 is 11.1 Å². The molecule has 4 N–H and O–H groups in total. The minimum absolute atomic E-state index is 0.0497. The molecule has 140 valence electrons. The minimum Gasteiger partial charge on any atom is -0.398 e. The van der Waals surface area contributed by atoms with Gasteiger partial charge in [0, 0.05) is 5.69 Å². The van der Waals surface area contributed by atoms with Crippen molar-refractivity contribution in [1.82, 2.24) is 0 Å². The Morgan fingerprint density at radius 2 is 1.73 bits per heavy atom. The Bertz CT molecular complexity index is 1020. The van der Waals surface area contributed by atoms with Crippen molar-refractivity contribution < 1.29 is 26.2 Å². The Kier molecular flexibility index (Phi) is 6.06. The van der Waals surface area contributed by atoms with Crippen molar-refractivity contribution in [2.24, 2.45) is 0 Å². The van der Waals surface area contributed by atoms with Crippen LogP contribution in [0.4, 0.5) is 11.4 Å². The molecular weight excluding hydrogens is 448 g/mol. The van der Waals surface area contributed by atoms with Crippen molar-refractivity contribution in [3.8, 4) is 0 Å². The van der Waals surface area contributed by atoms with E-state index in [-0.39, 0.29) is 16.3 Å². The van der Waals surface area contributed by atoms with Crippen molar-refractivity contribution in [3.63, 3.8) is 0 Å². The number of carbonyl (C=O) groups excluding carboxylic acids is 1. The highest BCUT2D eigenvalue weighted by molar-refractivity contribution is 9.11. The monoisotopic (exact) mass is 462 g/mol. The average Bonchev–Trinajstić information content (AvgIpc) is 2.56. The van der Waals surface area contributed by atoms with Crippen LogP contribution in [0.1, 0.15) is 6.42 Å². The van der Waals surface area contributed by atoms with Crippen LogP contribution in [0.5, 0.6) is 0 Å². The molecule has 1 amide bonds. The molecule has 26 heavy (non-hydrogen) atoms. The van der Waals surface area contributed by atoms with Crippen molar-refractivity contribution in [3.05, 3.63) is 48.5 Å². The van der Waals surface area contributed by atoms with E-state index >= 15 is 0 Å². The van der Waals surface area contributed by atoms with E-state index in [1.807, 2.05) is 0 Å². The average molecular weight is 463 g/mol. The molecule has 8 nitrogen and oxygen atoms in total. The van der Waals surface area contributed by atoms with Crippen LogP contribution in [0, 0.1) is 0 Å². The van der Waals surface area contributed by atoms with Crippen molar-refractivity contribution in [2.75, 3.05) is 11.1 Å². The first kappa shape index (κ1) is 20.4. The van der Waals surface area contributed by atoms with E-state index in [1.54, 1.807) is 18.2 Å². The number of benzene rings is 2. The van der Waals surface area contributed by atoms with Gasteiger partial charge in [0.25, 0.3) is 10.1 Å². The Morgan fingerprint density at radius 3 is 2.31 bits per heavy atom. The number of hydrogen-bond donors (Lipinski definition) is 3. The summed E-state index contributed by atoms with van der Waals surface area (Å²) < 4.78 is 55.2. The largest absolute Gasteiger partial charge is 0.398 e. The van der Waals surface area contributed by atoms with Gasteiger partial charge in [0.1, 0.15) is 9.05 Å². The van der Waals surface area contributed by atoms with E-state index in [4.69, 9.17) is 10.3 Å². The molecule has 0 aliphatic carbocycles. The van der Waals surface area contributed by atoms with E-state index in [2.05, 4.69) is 21.2 Å². The zero-order valence-electron chi connectivity index (χ0n) is 13.2. The molecule has 2 aromatic carbocycles. The van der Waals surface area contributed by atoms with Gasteiger partial charge in [0.2, 0.25) is 5.91 Å². The van der Waals surface area contributed by atoms with E-state index in [0.29, 0.717) is 0 Å². The number of alkyl halides is 1. The van der Waals surface area contributed by atoms with Gasteiger partial charge in [-0.2, -0.15) is 8.42 Å². The molecule has 0 radical (unpaired) electrons. The Balaban J connectivity index is 2.14. The van der Waals surface area contributed by atoms with Crippen LogP contribution in [-0.4, -0.2) is 31.5 Å². The maximum atomic E-state index is 12.4. The summed E-state index contributed by atoms with van der Waals surface area (Å²) in [6.07, 6.45) is -0.414. The third-order valence-electron chi connectivity index (χ3n) is 3.33. The second-order valence-electron chi connectivity index (χ2n) is 5.25. The van der Waals surface area contributed by atoms with E-state index in [1.165, 1.54) is 24.3 Å². The number of nitrogens with one attached hydrogen (secondary N) is 1. The highest BCUT2D eigenvalue weighted by Gasteiger charge is 2.27. The molecule has 0 saturated carbocycles. The van der Waals surface area contributed by atoms with Crippen LogP contribution >= 0.6 is 15.9 Å². The number of sulfone groups is 1. The summed E-state index contributed by atoms with van der Waals surface area (Å²) in [4.78, 5) is 11.6. The smallest absolute Gasteiger partial charge is 0.296 e. The summed E-state index contributed by atoms with van der Waals surface area (Å²) >= 11 is 3.00. The number of hydrogen-bond acceptors (Lipinski definition) is 6. The van der Waals surface area contributed by atoms with Gasteiger partial charge in [-0.3, -0.25) is 9.35 Å². The number of carbonyl (C=O) groups is 1. The second kappa shape index (κ2) is 7.74. The fraction of sp³-hybridized carbons (Fsp3) is 0.133. The lowest BCUT2D eigenvalue weighted by molar-refractivity contribution is -0.115. The summed E-state index contributed by atoms with van der Waals surface area (Å²) in [5.74, 6) is -0.669. The molecule has 11 heteroatoms. The van der Waals surface area contributed by atoms with Gasteiger partial charge in [-0.05, 0) is 30.3 Å².